The Labute approximate surface area is 112 Å². The minimum Gasteiger partial charge on any atom is -0.384 e. The van der Waals surface area contributed by atoms with E-state index in [1.54, 1.807) is 0 Å². The molecule has 0 radical (unpaired) electrons. The van der Waals surface area contributed by atoms with Gasteiger partial charge in [-0.2, -0.15) is 0 Å². The van der Waals surface area contributed by atoms with Crippen molar-refractivity contribution in [3.05, 3.63) is 29.8 Å². The summed E-state index contributed by atoms with van der Waals surface area (Å²) in [7, 11) is 2.20. The fourth-order valence-corrected chi connectivity index (χ4v) is 1.99. The standard InChI is InChI=1S/C16H28N2/c1-13-9-7-8-10-15(13)17-11-12-18(6)14(2)16(3,4)5/h7-10,14,17H,11-12H2,1-6H3. The van der Waals surface area contributed by atoms with Crippen LogP contribution in [0, 0.1) is 12.3 Å². The number of nitrogens with zero attached hydrogens (tertiary/aromatic N) is 1. The fraction of sp³-hybridized carbons (Fsp3) is 0.625. The van der Waals surface area contributed by atoms with Gasteiger partial charge in [-0.1, -0.05) is 39.0 Å². The first kappa shape index (κ1) is 15.0. The number of hydrogen-bond donors (Lipinski definition) is 1. The molecule has 1 rings (SSSR count). The van der Waals surface area contributed by atoms with E-state index in [2.05, 4.69) is 76.1 Å². The quantitative estimate of drug-likeness (QED) is 0.853. The molecule has 2 nitrogen and oxygen atoms in total. The largest absolute Gasteiger partial charge is 0.384 e. The number of aryl methyl sites for hydroxylation is 1. The molecule has 0 heterocycles. The van der Waals surface area contributed by atoms with Crippen molar-refractivity contribution < 1.29 is 0 Å². The van der Waals surface area contributed by atoms with Crippen LogP contribution in [0.3, 0.4) is 0 Å². The molecule has 0 aliphatic heterocycles. The Morgan fingerprint density at radius 2 is 1.83 bits per heavy atom. The summed E-state index contributed by atoms with van der Waals surface area (Å²) in [4.78, 5) is 2.42. The molecular formula is C16H28N2. The Bertz CT molecular complexity index is 366. The molecule has 0 aliphatic rings. The number of nitrogens with one attached hydrogen (secondary N) is 1. The van der Waals surface area contributed by atoms with Gasteiger partial charge < -0.3 is 10.2 Å². The third kappa shape index (κ3) is 4.34. The van der Waals surface area contributed by atoms with Gasteiger partial charge in [0, 0.05) is 24.8 Å². The Balaban J connectivity index is 2.41. The van der Waals surface area contributed by atoms with E-state index in [1.807, 2.05) is 0 Å². The lowest BCUT2D eigenvalue weighted by Crippen LogP contribution is -2.41. The molecule has 2 heteroatoms. The average molecular weight is 248 g/mol. The number of likely N-dealkylation sites (N-methyl/N-ethyl adjacent to an activating group) is 1. The first-order valence-corrected chi connectivity index (χ1v) is 6.82. The molecule has 18 heavy (non-hydrogen) atoms. The van der Waals surface area contributed by atoms with E-state index in [0.717, 1.165) is 13.1 Å². The molecule has 0 amide bonds. The molecule has 0 aliphatic carbocycles. The molecule has 1 aromatic rings. The van der Waals surface area contributed by atoms with Crippen LogP contribution >= 0.6 is 0 Å². The second-order valence-electron chi connectivity index (χ2n) is 6.26. The summed E-state index contributed by atoms with van der Waals surface area (Å²) >= 11 is 0. The Morgan fingerprint density at radius 3 is 2.39 bits per heavy atom. The highest BCUT2D eigenvalue weighted by molar-refractivity contribution is 5.50. The SMILES string of the molecule is Cc1ccccc1NCCN(C)C(C)C(C)(C)C. The smallest absolute Gasteiger partial charge is 0.0370 e. The van der Waals surface area contributed by atoms with E-state index in [4.69, 9.17) is 0 Å². The summed E-state index contributed by atoms with van der Waals surface area (Å²) in [6, 6.07) is 9.02. The summed E-state index contributed by atoms with van der Waals surface area (Å²) in [6.45, 7) is 13.4. The van der Waals surface area contributed by atoms with Crippen LogP contribution in [0.5, 0.6) is 0 Å². The minimum atomic E-state index is 0.331. The minimum absolute atomic E-state index is 0.331. The van der Waals surface area contributed by atoms with Gasteiger partial charge in [-0.15, -0.1) is 0 Å². The van der Waals surface area contributed by atoms with E-state index in [9.17, 15) is 0 Å². The lowest BCUT2D eigenvalue weighted by atomic mass is 9.87. The highest BCUT2D eigenvalue weighted by Gasteiger charge is 2.23. The molecule has 0 saturated heterocycles. The highest BCUT2D eigenvalue weighted by atomic mass is 15.1. The molecule has 1 atom stereocenters. The monoisotopic (exact) mass is 248 g/mol. The number of hydrogen-bond acceptors (Lipinski definition) is 2. The van der Waals surface area contributed by atoms with Gasteiger partial charge in [0.25, 0.3) is 0 Å². The van der Waals surface area contributed by atoms with Gasteiger partial charge in [-0.3, -0.25) is 0 Å². The zero-order valence-corrected chi connectivity index (χ0v) is 12.7. The van der Waals surface area contributed by atoms with Gasteiger partial charge in [0.1, 0.15) is 0 Å². The number of rotatable bonds is 5. The van der Waals surface area contributed by atoms with Crippen molar-refractivity contribution in [2.24, 2.45) is 5.41 Å². The predicted octanol–water partition coefficient (Wildman–Crippen LogP) is 3.77. The maximum absolute atomic E-state index is 3.51. The maximum atomic E-state index is 3.51. The molecule has 1 N–H and O–H groups in total. The van der Waals surface area contributed by atoms with Crippen LogP contribution in [0.1, 0.15) is 33.3 Å². The average Bonchev–Trinajstić information content (AvgIpc) is 2.29. The summed E-state index contributed by atoms with van der Waals surface area (Å²) < 4.78 is 0. The van der Waals surface area contributed by atoms with Crippen LogP contribution < -0.4 is 5.32 Å². The normalized spacial score (nSPS) is 13.7. The van der Waals surface area contributed by atoms with Crippen molar-refractivity contribution in [1.82, 2.24) is 4.90 Å². The second kappa shape index (κ2) is 6.24. The van der Waals surface area contributed by atoms with Crippen molar-refractivity contribution in [3.8, 4) is 0 Å². The van der Waals surface area contributed by atoms with Crippen LogP contribution in [0.2, 0.25) is 0 Å². The van der Waals surface area contributed by atoms with E-state index in [1.165, 1.54) is 11.3 Å². The molecule has 102 valence electrons. The van der Waals surface area contributed by atoms with Crippen molar-refractivity contribution in [3.63, 3.8) is 0 Å². The third-order valence-corrected chi connectivity index (χ3v) is 3.84. The van der Waals surface area contributed by atoms with Crippen molar-refractivity contribution >= 4 is 5.69 Å². The summed E-state index contributed by atoms with van der Waals surface area (Å²) in [5.41, 5.74) is 2.88. The summed E-state index contributed by atoms with van der Waals surface area (Å²) in [5, 5.41) is 3.51. The van der Waals surface area contributed by atoms with E-state index < -0.39 is 0 Å². The Morgan fingerprint density at radius 1 is 1.22 bits per heavy atom. The van der Waals surface area contributed by atoms with Gasteiger partial charge >= 0.3 is 0 Å². The van der Waals surface area contributed by atoms with E-state index in [0.29, 0.717) is 11.5 Å². The molecule has 1 unspecified atom stereocenters. The van der Waals surface area contributed by atoms with Crippen molar-refractivity contribution in [2.75, 3.05) is 25.5 Å². The van der Waals surface area contributed by atoms with Crippen LogP contribution in [-0.2, 0) is 0 Å². The fourth-order valence-electron chi connectivity index (χ4n) is 1.99. The summed E-state index contributed by atoms with van der Waals surface area (Å²) in [5.74, 6) is 0. The Kier molecular flexibility index (Phi) is 5.21. The number of benzene rings is 1. The first-order valence-electron chi connectivity index (χ1n) is 6.82. The van der Waals surface area contributed by atoms with E-state index in [-0.39, 0.29) is 0 Å². The molecule has 1 aromatic carbocycles. The Hall–Kier alpha value is -1.02. The van der Waals surface area contributed by atoms with Crippen molar-refractivity contribution in [2.45, 2.75) is 40.7 Å². The van der Waals surface area contributed by atoms with Crippen LogP contribution in [0.15, 0.2) is 24.3 Å². The zero-order valence-electron chi connectivity index (χ0n) is 12.7. The lowest BCUT2D eigenvalue weighted by Gasteiger charge is -2.35. The van der Waals surface area contributed by atoms with E-state index >= 15 is 0 Å². The molecule has 0 aromatic heterocycles. The molecule has 0 spiro atoms. The zero-order chi connectivity index (χ0) is 13.8. The van der Waals surface area contributed by atoms with Gasteiger partial charge in [-0.05, 0) is 37.9 Å². The lowest BCUT2D eigenvalue weighted by molar-refractivity contribution is 0.146. The van der Waals surface area contributed by atoms with Crippen molar-refractivity contribution in [1.29, 1.82) is 0 Å². The van der Waals surface area contributed by atoms with Gasteiger partial charge in [0.05, 0.1) is 0 Å². The molecular weight excluding hydrogens is 220 g/mol. The second-order valence-corrected chi connectivity index (χ2v) is 6.26. The van der Waals surface area contributed by atoms with Crippen LogP contribution in [0.25, 0.3) is 0 Å². The third-order valence-electron chi connectivity index (χ3n) is 3.84. The number of para-hydroxylation sites is 1. The topological polar surface area (TPSA) is 15.3 Å². The summed E-state index contributed by atoms with van der Waals surface area (Å²) in [6.07, 6.45) is 0. The molecule has 0 saturated carbocycles. The van der Waals surface area contributed by atoms with Gasteiger partial charge in [0.2, 0.25) is 0 Å². The predicted molar refractivity (Wildman–Crippen MR) is 81.2 cm³/mol. The highest BCUT2D eigenvalue weighted by Crippen LogP contribution is 2.22. The maximum Gasteiger partial charge on any atom is 0.0370 e. The van der Waals surface area contributed by atoms with Crippen LogP contribution in [-0.4, -0.2) is 31.1 Å². The molecule has 0 bridgehead atoms. The first-order chi connectivity index (χ1) is 8.32. The number of anilines is 1. The van der Waals surface area contributed by atoms with Crippen LogP contribution in [0.4, 0.5) is 5.69 Å². The molecule has 0 fully saturated rings. The van der Waals surface area contributed by atoms with Gasteiger partial charge in [-0.25, -0.2) is 0 Å². The van der Waals surface area contributed by atoms with Gasteiger partial charge in [0.15, 0.2) is 0 Å².